The van der Waals surface area contributed by atoms with E-state index >= 15 is 0 Å². The van der Waals surface area contributed by atoms with Crippen molar-refractivity contribution in [2.75, 3.05) is 19.6 Å². The zero-order valence-electron chi connectivity index (χ0n) is 16.4. The first kappa shape index (κ1) is 23.5. The van der Waals surface area contributed by atoms with Crippen LogP contribution >= 0.6 is 0 Å². The highest BCUT2D eigenvalue weighted by molar-refractivity contribution is 5.99. The second-order valence-corrected chi connectivity index (χ2v) is 7.01. The van der Waals surface area contributed by atoms with Gasteiger partial charge >= 0.3 is 12.4 Å². The van der Waals surface area contributed by atoms with Crippen molar-refractivity contribution in [1.82, 2.24) is 10.3 Å². The fraction of sp³-hybridized carbons (Fsp3) is 0.300. The minimum atomic E-state index is -5.09. The lowest BCUT2D eigenvalue weighted by atomic mass is 9.93. The summed E-state index contributed by atoms with van der Waals surface area (Å²) in [4.78, 5) is 13.4. The van der Waals surface area contributed by atoms with Crippen molar-refractivity contribution in [3.63, 3.8) is 0 Å². The molecule has 0 aliphatic rings. The van der Waals surface area contributed by atoms with Gasteiger partial charge in [-0.25, -0.2) is 0 Å². The minimum absolute atomic E-state index is 0.0284. The molecule has 1 heterocycles. The molecular weight excluding hydrogens is 442 g/mol. The number of nitrogens with one attached hydrogen (secondary N) is 2. The smallest absolute Gasteiger partial charge is 0.358 e. The van der Waals surface area contributed by atoms with E-state index < -0.39 is 34.0 Å². The maximum absolute atomic E-state index is 13.8. The number of H-pyrrole nitrogens is 1. The largest absolute Gasteiger partial charge is 0.417 e. The standard InChI is InChI=1S/C20H18F6N4O2/c21-19(22,23)11-1-3-13(15(9-11)20(24,25)26)18-14-10-12(30(31)32)2-4-16(14)29-17(18)5-7-28-8-6-27/h1-4,9-10,28-29H,5-8,27H2. The first-order chi connectivity index (χ1) is 14.9. The number of fused-ring (bicyclic) bond motifs is 1. The first-order valence-electron chi connectivity index (χ1n) is 9.42. The number of nitro benzene ring substituents is 1. The van der Waals surface area contributed by atoms with Gasteiger partial charge in [0.2, 0.25) is 0 Å². The van der Waals surface area contributed by atoms with E-state index in [2.05, 4.69) is 10.3 Å². The zero-order valence-corrected chi connectivity index (χ0v) is 16.4. The van der Waals surface area contributed by atoms with E-state index in [0.717, 1.165) is 12.1 Å². The second-order valence-electron chi connectivity index (χ2n) is 7.01. The van der Waals surface area contributed by atoms with Gasteiger partial charge in [0.25, 0.3) is 5.69 Å². The second kappa shape index (κ2) is 8.79. The molecule has 0 bridgehead atoms. The lowest BCUT2D eigenvalue weighted by Gasteiger charge is -2.17. The molecule has 1 aromatic heterocycles. The monoisotopic (exact) mass is 460 g/mol. The summed E-state index contributed by atoms with van der Waals surface area (Å²) >= 11 is 0. The van der Waals surface area contributed by atoms with E-state index in [1.807, 2.05) is 0 Å². The average Bonchev–Trinajstić information content (AvgIpc) is 3.06. The lowest BCUT2D eigenvalue weighted by molar-refractivity contribution is -0.384. The Bertz CT molecular complexity index is 1140. The average molecular weight is 460 g/mol. The van der Waals surface area contributed by atoms with Crippen LogP contribution in [-0.2, 0) is 18.8 Å². The van der Waals surface area contributed by atoms with Gasteiger partial charge in [-0.1, -0.05) is 6.07 Å². The summed E-state index contributed by atoms with van der Waals surface area (Å²) in [5, 5.41) is 14.3. The number of aromatic nitrogens is 1. The van der Waals surface area contributed by atoms with Crippen molar-refractivity contribution in [3.05, 3.63) is 63.3 Å². The minimum Gasteiger partial charge on any atom is -0.358 e. The number of rotatable bonds is 7. The summed E-state index contributed by atoms with van der Waals surface area (Å²) in [5.41, 5.74) is 2.24. The van der Waals surface area contributed by atoms with Gasteiger partial charge in [0.05, 0.1) is 16.1 Å². The Labute approximate surface area is 177 Å². The fourth-order valence-electron chi connectivity index (χ4n) is 3.46. The number of nitro groups is 1. The molecule has 3 rings (SSSR count). The van der Waals surface area contributed by atoms with Crippen LogP contribution in [0, 0.1) is 10.1 Å². The number of non-ortho nitro benzene ring substituents is 1. The third-order valence-corrected chi connectivity index (χ3v) is 4.87. The van der Waals surface area contributed by atoms with Crippen molar-refractivity contribution in [2.24, 2.45) is 5.73 Å². The Morgan fingerprint density at radius 2 is 1.72 bits per heavy atom. The van der Waals surface area contributed by atoms with Crippen LogP contribution in [0.15, 0.2) is 36.4 Å². The van der Waals surface area contributed by atoms with Crippen LogP contribution in [0.2, 0.25) is 0 Å². The maximum Gasteiger partial charge on any atom is 0.417 e. The third-order valence-electron chi connectivity index (χ3n) is 4.87. The molecule has 0 spiro atoms. The van der Waals surface area contributed by atoms with Crippen LogP contribution in [0.5, 0.6) is 0 Å². The predicted molar refractivity (Wildman–Crippen MR) is 106 cm³/mol. The van der Waals surface area contributed by atoms with Gasteiger partial charge in [0, 0.05) is 60.3 Å². The van der Waals surface area contributed by atoms with Gasteiger partial charge in [0.15, 0.2) is 0 Å². The number of halogens is 6. The van der Waals surface area contributed by atoms with Gasteiger partial charge in [-0.2, -0.15) is 26.3 Å². The van der Waals surface area contributed by atoms with E-state index in [9.17, 15) is 36.5 Å². The highest BCUT2D eigenvalue weighted by Gasteiger charge is 2.39. The Morgan fingerprint density at radius 1 is 1.00 bits per heavy atom. The van der Waals surface area contributed by atoms with Gasteiger partial charge in [-0.05, 0) is 23.8 Å². The molecular formula is C20H18F6N4O2. The molecule has 0 amide bonds. The Balaban J connectivity index is 2.27. The van der Waals surface area contributed by atoms with E-state index in [1.165, 1.54) is 12.1 Å². The SMILES string of the molecule is NCCNCCc1[nH]c2ccc([N+](=O)[O-])cc2c1-c1ccc(C(F)(F)F)cc1C(F)(F)F. The molecule has 0 saturated heterocycles. The van der Waals surface area contributed by atoms with Crippen LogP contribution in [0.3, 0.4) is 0 Å². The van der Waals surface area contributed by atoms with Gasteiger partial charge < -0.3 is 16.0 Å². The number of hydrogen-bond acceptors (Lipinski definition) is 4. The van der Waals surface area contributed by atoms with Crippen LogP contribution in [0.4, 0.5) is 32.0 Å². The van der Waals surface area contributed by atoms with Crippen molar-refractivity contribution in [3.8, 4) is 11.1 Å². The van der Waals surface area contributed by atoms with Crippen LogP contribution in [0.1, 0.15) is 16.8 Å². The summed E-state index contributed by atoms with van der Waals surface area (Å²) in [6.07, 6.45) is -9.86. The van der Waals surface area contributed by atoms with Gasteiger partial charge in [0.1, 0.15) is 0 Å². The molecule has 0 saturated carbocycles. The summed E-state index contributed by atoms with van der Waals surface area (Å²) in [5.74, 6) is 0. The zero-order chi connectivity index (χ0) is 23.7. The molecule has 0 aliphatic carbocycles. The molecule has 12 heteroatoms. The topological polar surface area (TPSA) is 97.0 Å². The molecule has 6 nitrogen and oxygen atoms in total. The number of benzene rings is 2. The Hall–Kier alpha value is -3.12. The highest BCUT2D eigenvalue weighted by atomic mass is 19.4. The molecule has 32 heavy (non-hydrogen) atoms. The Kier molecular flexibility index (Phi) is 6.46. The van der Waals surface area contributed by atoms with E-state index in [4.69, 9.17) is 5.73 Å². The molecule has 0 radical (unpaired) electrons. The van der Waals surface area contributed by atoms with Crippen LogP contribution < -0.4 is 11.1 Å². The van der Waals surface area contributed by atoms with Crippen molar-refractivity contribution >= 4 is 16.6 Å². The summed E-state index contributed by atoms with van der Waals surface area (Å²) in [7, 11) is 0. The van der Waals surface area contributed by atoms with Crippen molar-refractivity contribution in [2.45, 2.75) is 18.8 Å². The third kappa shape index (κ3) is 4.86. The normalized spacial score (nSPS) is 12.5. The highest BCUT2D eigenvalue weighted by Crippen LogP contribution is 2.44. The fourth-order valence-corrected chi connectivity index (χ4v) is 3.46. The molecule has 0 atom stereocenters. The molecule has 0 fully saturated rings. The summed E-state index contributed by atoms with van der Waals surface area (Å²) < 4.78 is 80.6. The van der Waals surface area contributed by atoms with Gasteiger partial charge in [-0.3, -0.25) is 10.1 Å². The number of nitrogens with two attached hydrogens (primary N) is 1. The van der Waals surface area contributed by atoms with E-state index in [-0.39, 0.29) is 29.1 Å². The number of aromatic amines is 1. The first-order valence-corrected chi connectivity index (χ1v) is 9.42. The predicted octanol–water partition coefficient (Wildman–Crippen LogP) is 4.87. The summed E-state index contributed by atoms with van der Waals surface area (Å²) in [6.45, 7) is 1.11. The number of hydrogen-bond donors (Lipinski definition) is 3. The number of nitrogens with zero attached hydrogens (tertiary/aromatic N) is 1. The molecule has 0 unspecified atom stereocenters. The molecule has 0 aliphatic heterocycles. The molecule has 2 aromatic carbocycles. The van der Waals surface area contributed by atoms with E-state index in [0.29, 0.717) is 36.9 Å². The maximum atomic E-state index is 13.8. The van der Waals surface area contributed by atoms with Gasteiger partial charge in [-0.15, -0.1) is 0 Å². The number of alkyl halides is 6. The van der Waals surface area contributed by atoms with Crippen molar-refractivity contribution < 1.29 is 31.3 Å². The van der Waals surface area contributed by atoms with E-state index in [1.54, 1.807) is 0 Å². The quantitative estimate of drug-likeness (QED) is 0.203. The lowest BCUT2D eigenvalue weighted by Crippen LogP contribution is -2.24. The molecule has 3 aromatic rings. The summed E-state index contributed by atoms with van der Waals surface area (Å²) in [6, 6.07) is 5.03. The van der Waals surface area contributed by atoms with Crippen molar-refractivity contribution in [1.29, 1.82) is 0 Å². The molecule has 4 N–H and O–H groups in total. The van der Waals surface area contributed by atoms with Crippen LogP contribution in [0.25, 0.3) is 22.0 Å². The van der Waals surface area contributed by atoms with Crippen LogP contribution in [-0.4, -0.2) is 29.5 Å². The Morgan fingerprint density at radius 3 is 2.31 bits per heavy atom. The molecule has 172 valence electrons.